The first kappa shape index (κ1) is 33.6. The van der Waals surface area contributed by atoms with Crippen LogP contribution in [0.15, 0.2) is 78.9 Å². The molecule has 0 radical (unpaired) electrons. The van der Waals surface area contributed by atoms with Gasteiger partial charge in [-0.2, -0.15) is 0 Å². The molecular weight excluding hydrogens is 582 g/mol. The molecule has 5 atom stereocenters. The molecule has 0 unspecified atom stereocenters. The molecule has 3 aromatic carbocycles. The number of ether oxygens (including phenoxy) is 3. The molecule has 2 aliphatic heterocycles. The third-order valence-corrected chi connectivity index (χ3v) is 8.58. The summed E-state index contributed by atoms with van der Waals surface area (Å²) in [5.41, 5.74) is 4.17. The molecule has 3 aromatic rings. The molecule has 9 heteroatoms. The first-order valence-electron chi connectivity index (χ1n) is 16.2. The number of aliphatic hydroxyl groups excluding tert-OH is 1. The number of urea groups is 1. The van der Waals surface area contributed by atoms with E-state index < -0.39 is 11.9 Å². The van der Waals surface area contributed by atoms with Gasteiger partial charge in [0.05, 0.1) is 18.8 Å². The van der Waals surface area contributed by atoms with Crippen LogP contribution >= 0.6 is 0 Å². The summed E-state index contributed by atoms with van der Waals surface area (Å²) < 4.78 is 19.0. The SMILES string of the molecule is C[C@@H]1[C@H](CN2CCC[C@H]2C(=O)OC(C)(C)C)O[C@H](c2ccc(CNC(=O)NCc3ccccc3)cc2)O[C@@H]1c1ccc(CO)cc1. The molecule has 0 spiro atoms. The van der Waals surface area contributed by atoms with E-state index in [2.05, 4.69) is 22.5 Å². The molecule has 2 fully saturated rings. The lowest BCUT2D eigenvalue weighted by atomic mass is 9.90. The van der Waals surface area contributed by atoms with Gasteiger partial charge in [0.25, 0.3) is 0 Å². The van der Waals surface area contributed by atoms with Gasteiger partial charge >= 0.3 is 12.0 Å². The number of hydrogen-bond donors (Lipinski definition) is 3. The molecule has 0 aromatic heterocycles. The van der Waals surface area contributed by atoms with Crippen LogP contribution in [-0.2, 0) is 38.7 Å². The number of aliphatic hydroxyl groups is 1. The van der Waals surface area contributed by atoms with Crippen molar-refractivity contribution in [3.8, 4) is 0 Å². The van der Waals surface area contributed by atoms with Crippen molar-refractivity contribution in [2.75, 3.05) is 13.1 Å². The van der Waals surface area contributed by atoms with Gasteiger partial charge in [-0.15, -0.1) is 0 Å². The molecule has 0 aliphatic carbocycles. The number of hydrogen-bond acceptors (Lipinski definition) is 7. The van der Waals surface area contributed by atoms with Gasteiger partial charge in [0.2, 0.25) is 0 Å². The van der Waals surface area contributed by atoms with E-state index in [1.165, 1.54) is 0 Å². The monoisotopic (exact) mass is 629 g/mol. The van der Waals surface area contributed by atoms with Crippen molar-refractivity contribution in [3.05, 3.63) is 107 Å². The first-order chi connectivity index (χ1) is 22.1. The zero-order valence-electron chi connectivity index (χ0n) is 27.3. The Morgan fingerprint density at radius 2 is 1.48 bits per heavy atom. The smallest absolute Gasteiger partial charge is 0.323 e. The van der Waals surface area contributed by atoms with Crippen LogP contribution < -0.4 is 10.6 Å². The van der Waals surface area contributed by atoms with Gasteiger partial charge in [-0.3, -0.25) is 9.69 Å². The van der Waals surface area contributed by atoms with E-state index in [1.807, 2.05) is 99.6 Å². The van der Waals surface area contributed by atoms with E-state index in [9.17, 15) is 14.7 Å². The van der Waals surface area contributed by atoms with Crippen LogP contribution in [0, 0.1) is 5.92 Å². The minimum Gasteiger partial charge on any atom is -0.459 e. The summed E-state index contributed by atoms with van der Waals surface area (Å²) in [4.78, 5) is 27.6. The topological polar surface area (TPSA) is 109 Å². The summed E-state index contributed by atoms with van der Waals surface area (Å²) >= 11 is 0. The van der Waals surface area contributed by atoms with E-state index in [-0.39, 0.29) is 42.8 Å². The quantitative estimate of drug-likeness (QED) is 0.244. The normalized spacial score (nSPS) is 23.5. The van der Waals surface area contributed by atoms with Crippen LogP contribution in [0.4, 0.5) is 4.79 Å². The Morgan fingerprint density at radius 1 is 0.870 bits per heavy atom. The minimum absolute atomic E-state index is 0.00557. The van der Waals surface area contributed by atoms with Gasteiger partial charge in [0.15, 0.2) is 6.29 Å². The summed E-state index contributed by atoms with van der Waals surface area (Å²) in [6.45, 7) is 10.0. The number of nitrogens with one attached hydrogen (secondary N) is 2. The molecule has 2 amide bonds. The summed E-state index contributed by atoms with van der Waals surface area (Å²) in [5.74, 6) is -0.190. The van der Waals surface area contributed by atoms with Crippen LogP contribution in [0.25, 0.3) is 0 Å². The van der Waals surface area contributed by atoms with Gasteiger partial charge in [0.1, 0.15) is 11.6 Å². The van der Waals surface area contributed by atoms with Crippen molar-refractivity contribution < 1.29 is 28.9 Å². The summed E-state index contributed by atoms with van der Waals surface area (Å²) in [6, 6.07) is 25.0. The first-order valence-corrected chi connectivity index (χ1v) is 16.2. The van der Waals surface area contributed by atoms with Gasteiger partial charge in [-0.25, -0.2) is 4.79 Å². The van der Waals surface area contributed by atoms with Gasteiger partial charge < -0.3 is 30.0 Å². The maximum Gasteiger partial charge on any atom is 0.323 e. The Balaban J connectivity index is 1.27. The number of amides is 2. The van der Waals surface area contributed by atoms with Crippen LogP contribution in [0.2, 0.25) is 0 Å². The molecule has 0 bridgehead atoms. The lowest BCUT2D eigenvalue weighted by molar-refractivity contribution is -0.276. The number of nitrogens with zero attached hydrogens (tertiary/aromatic N) is 1. The Morgan fingerprint density at radius 3 is 2.11 bits per heavy atom. The molecule has 2 aliphatic rings. The largest absolute Gasteiger partial charge is 0.459 e. The molecule has 9 nitrogen and oxygen atoms in total. The highest BCUT2D eigenvalue weighted by molar-refractivity contribution is 5.76. The third kappa shape index (κ3) is 8.94. The molecular formula is C37H47N3O6. The second-order valence-corrected chi connectivity index (χ2v) is 13.3. The summed E-state index contributed by atoms with van der Waals surface area (Å²) in [6.07, 6.45) is 0.605. The van der Waals surface area contributed by atoms with E-state index in [0.29, 0.717) is 19.6 Å². The number of esters is 1. The lowest BCUT2D eigenvalue weighted by Crippen LogP contribution is -2.48. The van der Waals surface area contributed by atoms with E-state index in [4.69, 9.17) is 14.2 Å². The fourth-order valence-electron chi connectivity index (χ4n) is 6.06. The van der Waals surface area contributed by atoms with Crippen molar-refractivity contribution >= 4 is 12.0 Å². The lowest BCUT2D eigenvalue weighted by Gasteiger charge is -2.43. The molecule has 2 saturated heterocycles. The highest BCUT2D eigenvalue weighted by atomic mass is 16.7. The summed E-state index contributed by atoms with van der Waals surface area (Å²) in [5, 5.41) is 15.4. The molecule has 246 valence electrons. The summed E-state index contributed by atoms with van der Waals surface area (Å²) in [7, 11) is 0. The molecule has 3 N–H and O–H groups in total. The number of carbonyl (C=O) groups excluding carboxylic acids is 2. The average molecular weight is 630 g/mol. The Hall–Kier alpha value is -3.76. The Labute approximate surface area is 272 Å². The van der Waals surface area contributed by atoms with E-state index >= 15 is 0 Å². The predicted octanol–water partition coefficient (Wildman–Crippen LogP) is 5.78. The van der Waals surface area contributed by atoms with E-state index in [0.717, 1.165) is 47.2 Å². The molecule has 46 heavy (non-hydrogen) atoms. The molecule has 2 heterocycles. The molecule has 0 saturated carbocycles. The van der Waals surface area contributed by atoms with Gasteiger partial charge in [-0.05, 0) is 62.4 Å². The zero-order valence-corrected chi connectivity index (χ0v) is 27.3. The predicted molar refractivity (Wildman–Crippen MR) is 175 cm³/mol. The maximum absolute atomic E-state index is 13.1. The standard InChI is InChI=1S/C37H47N3O6/c1-25-32(23-40-20-8-11-31(40)34(42)46-37(2,3)4)44-35(45-33(25)29-16-14-28(24-41)15-17-29)30-18-12-27(13-19-30)22-39-36(43)38-21-26-9-6-5-7-10-26/h5-7,9-10,12-19,25,31-33,35,41H,8,11,20-24H2,1-4H3,(H2,38,39,43)/t25-,31+,32+,33+,35+/m1/s1. The zero-order chi connectivity index (χ0) is 32.7. The Bertz CT molecular complexity index is 1420. The van der Waals surface area contributed by atoms with Crippen LogP contribution in [0.1, 0.15) is 80.7 Å². The highest BCUT2D eigenvalue weighted by Crippen LogP contribution is 2.42. The number of rotatable bonds is 10. The van der Waals surface area contributed by atoms with Crippen molar-refractivity contribution in [1.29, 1.82) is 0 Å². The van der Waals surface area contributed by atoms with E-state index in [1.54, 1.807) is 0 Å². The van der Waals surface area contributed by atoms with Crippen LogP contribution in [0.3, 0.4) is 0 Å². The van der Waals surface area contributed by atoms with Crippen LogP contribution in [-0.4, -0.2) is 52.8 Å². The van der Waals surface area contributed by atoms with Crippen molar-refractivity contribution in [2.24, 2.45) is 5.92 Å². The highest BCUT2D eigenvalue weighted by Gasteiger charge is 2.42. The second-order valence-electron chi connectivity index (χ2n) is 13.3. The Kier molecular flexibility index (Phi) is 11.1. The van der Waals surface area contributed by atoms with Crippen molar-refractivity contribution in [2.45, 2.75) is 90.4 Å². The average Bonchev–Trinajstić information content (AvgIpc) is 3.52. The van der Waals surface area contributed by atoms with Crippen LogP contribution in [0.5, 0.6) is 0 Å². The minimum atomic E-state index is -0.623. The van der Waals surface area contributed by atoms with Gasteiger partial charge in [0, 0.05) is 31.1 Å². The fraction of sp³-hybridized carbons (Fsp3) is 0.459. The van der Waals surface area contributed by atoms with Crippen molar-refractivity contribution in [3.63, 3.8) is 0 Å². The van der Waals surface area contributed by atoms with Gasteiger partial charge in [-0.1, -0.05) is 85.8 Å². The number of benzene rings is 3. The molecule has 5 rings (SSSR count). The number of carbonyl (C=O) groups is 2. The fourth-order valence-corrected chi connectivity index (χ4v) is 6.06. The maximum atomic E-state index is 13.1. The number of likely N-dealkylation sites (tertiary alicyclic amines) is 1. The second kappa shape index (κ2) is 15.2. The third-order valence-electron chi connectivity index (χ3n) is 8.58. The van der Waals surface area contributed by atoms with Crippen molar-refractivity contribution in [1.82, 2.24) is 15.5 Å².